The molecule has 0 radical (unpaired) electrons. The smallest absolute Gasteiger partial charge is 0.345 e. The number of carbonyl (C=O) groups excluding carboxylic acids is 2. The number of benzene rings is 2. The fourth-order valence-corrected chi connectivity index (χ4v) is 2.18. The summed E-state index contributed by atoms with van der Waals surface area (Å²) in [5.41, 5.74) is 8.17. The van der Waals surface area contributed by atoms with Crippen molar-refractivity contribution in [3.05, 3.63) is 66.4 Å². The monoisotopic (exact) mass is 339 g/mol. The minimum Gasteiger partial charge on any atom is -0.462 e. The SMILES string of the molecule is CCOC(=O)/C(=C/N)C(=O)NCNc1ccc(-c2ccccc2)cc1. The molecule has 0 saturated carbocycles. The first-order valence-corrected chi connectivity index (χ1v) is 7.92. The van der Waals surface area contributed by atoms with Crippen LogP contribution in [0.4, 0.5) is 5.69 Å². The van der Waals surface area contributed by atoms with Crippen molar-refractivity contribution in [2.24, 2.45) is 5.73 Å². The van der Waals surface area contributed by atoms with Crippen LogP contribution in [0.3, 0.4) is 0 Å². The van der Waals surface area contributed by atoms with Gasteiger partial charge in [0, 0.05) is 11.9 Å². The molecule has 2 aromatic rings. The lowest BCUT2D eigenvalue weighted by molar-refractivity contribution is -0.140. The van der Waals surface area contributed by atoms with Gasteiger partial charge in [-0.1, -0.05) is 42.5 Å². The Kier molecular flexibility index (Phi) is 6.59. The van der Waals surface area contributed by atoms with Crippen molar-refractivity contribution in [3.63, 3.8) is 0 Å². The average molecular weight is 339 g/mol. The van der Waals surface area contributed by atoms with Crippen molar-refractivity contribution < 1.29 is 14.3 Å². The molecule has 4 N–H and O–H groups in total. The summed E-state index contributed by atoms with van der Waals surface area (Å²) in [6.45, 7) is 1.99. The van der Waals surface area contributed by atoms with Crippen molar-refractivity contribution in [1.82, 2.24) is 5.32 Å². The van der Waals surface area contributed by atoms with E-state index in [4.69, 9.17) is 10.5 Å². The maximum atomic E-state index is 11.9. The third kappa shape index (κ3) is 5.10. The highest BCUT2D eigenvalue weighted by molar-refractivity contribution is 6.16. The number of hydrogen-bond donors (Lipinski definition) is 3. The molecule has 0 heterocycles. The maximum absolute atomic E-state index is 11.9. The van der Waals surface area contributed by atoms with E-state index in [0.717, 1.165) is 23.0 Å². The lowest BCUT2D eigenvalue weighted by Crippen LogP contribution is -2.33. The number of hydrogen-bond acceptors (Lipinski definition) is 5. The Labute approximate surface area is 146 Å². The zero-order valence-electron chi connectivity index (χ0n) is 14.0. The summed E-state index contributed by atoms with van der Waals surface area (Å²) in [6, 6.07) is 17.8. The zero-order chi connectivity index (χ0) is 18.1. The number of ether oxygens (including phenoxy) is 1. The number of esters is 1. The summed E-state index contributed by atoms with van der Waals surface area (Å²) in [6.07, 6.45) is 0.946. The molecule has 2 rings (SSSR count). The summed E-state index contributed by atoms with van der Waals surface area (Å²) < 4.78 is 4.77. The molecule has 1 amide bonds. The molecule has 2 aromatic carbocycles. The second-order valence-electron chi connectivity index (χ2n) is 5.10. The van der Waals surface area contributed by atoms with Crippen molar-refractivity contribution in [1.29, 1.82) is 0 Å². The second-order valence-corrected chi connectivity index (χ2v) is 5.10. The Bertz CT molecular complexity index is 740. The Morgan fingerprint density at radius 2 is 1.68 bits per heavy atom. The predicted octanol–water partition coefficient (Wildman–Crippen LogP) is 2.24. The zero-order valence-corrected chi connectivity index (χ0v) is 14.0. The maximum Gasteiger partial charge on any atom is 0.345 e. The lowest BCUT2D eigenvalue weighted by atomic mass is 10.1. The molecule has 0 bridgehead atoms. The van der Waals surface area contributed by atoms with Gasteiger partial charge in [-0.05, 0) is 30.2 Å². The predicted molar refractivity (Wildman–Crippen MR) is 97.4 cm³/mol. The second kappa shape index (κ2) is 9.12. The van der Waals surface area contributed by atoms with Crippen molar-refractivity contribution >= 4 is 17.6 Å². The average Bonchev–Trinajstić information content (AvgIpc) is 2.64. The normalized spacial score (nSPS) is 10.8. The highest BCUT2D eigenvalue weighted by Crippen LogP contribution is 2.20. The van der Waals surface area contributed by atoms with Crippen molar-refractivity contribution in [2.45, 2.75) is 6.92 Å². The van der Waals surface area contributed by atoms with Crippen LogP contribution in [-0.4, -0.2) is 25.2 Å². The first-order chi connectivity index (χ1) is 12.2. The summed E-state index contributed by atoms with van der Waals surface area (Å²) in [7, 11) is 0. The topological polar surface area (TPSA) is 93.5 Å². The number of rotatable bonds is 7. The molecule has 0 aliphatic rings. The molecular weight excluding hydrogens is 318 g/mol. The van der Waals surface area contributed by atoms with Gasteiger partial charge in [0.05, 0.1) is 13.3 Å². The summed E-state index contributed by atoms with van der Waals surface area (Å²) >= 11 is 0. The fourth-order valence-electron chi connectivity index (χ4n) is 2.18. The highest BCUT2D eigenvalue weighted by Gasteiger charge is 2.18. The number of anilines is 1. The number of carbonyl (C=O) groups is 2. The van der Waals surface area contributed by atoms with E-state index in [2.05, 4.69) is 10.6 Å². The molecule has 0 fully saturated rings. The van der Waals surface area contributed by atoms with E-state index in [-0.39, 0.29) is 18.8 Å². The van der Waals surface area contributed by atoms with Crippen LogP contribution >= 0.6 is 0 Å². The molecule has 0 aliphatic heterocycles. The van der Waals surface area contributed by atoms with Crippen molar-refractivity contribution in [3.8, 4) is 11.1 Å². The van der Waals surface area contributed by atoms with Crippen LogP contribution in [0.15, 0.2) is 66.4 Å². The molecule has 0 saturated heterocycles. The van der Waals surface area contributed by atoms with Crippen LogP contribution in [-0.2, 0) is 14.3 Å². The molecule has 0 aromatic heterocycles. The van der Waals surface area contributed by atoms with E-state index in [1.54, 1.807) is 6.92 Å². The Hall–Kier alpha value is -3.28. The quantitative estimate of drug-likeness (QED) is 0.236. The molecule has 6 nitrogen and oxygen atoms in total. The van der Waals surface area contributed by atoms with Gasteiger partial charge in [0.2, 0.25) is 0 Å². The number of amides is 1. The standard InChI is InChI=1S/C19H21N3O3/c1-2-25-19(24)17(12-20)18(23)22-13-21-16-10-8-15(9-11-16)14-6-4-3-5-7-14/h3-12,21H,2,13,20H2,1H3,(H,22,23)/b17-12+. The third-order valence-electron chi connectivity index (χ3n) is 3.44. The Morgan fingerprint density at radius 1 is 1.04 bits per heavy atom. The summed E-state index contributed by atoms with van der Waals surface area (Å²) in [5.74, 6) is -1.33. The lowest BCUT2D eigenvalue weighted by Gasteiger charge is -2.10. The Balaban J connectivity index is 1.87. The molecule has 0 unspecified atom stereocenters. The summed E-state index contributed by atoms with van der Waals surface area (Å²) in [4.78, 5) is 23.5. The molecule has 130 valence electrons. The summed E-state index contributed by atoms with van der Waals surface area (Å²) in [5, 5.41) is 5.62. The van der Waals surface area contributed by atoms with Gasteiger partial charge < -0.3 is 21.1 Å². The van der Waals surface area contributed by atoms with Crippen LogP contribution in [0, 0.1) is 0 Å². The van der Waals surface area contributed by atoms with Crippen LogP contribution < -0.4 is 16.4 Å². The molecular formula is C19H21N3O3. The molecule has 0 spiro atoms. The fraction of sp³-hybridized carbons (Fsp3) is 0.158. The van der Waals surface area contributed by atoms with E-state index in [0.29, 0.717) is 0 Å². The van der Waals surface area contributed by atoms with Crippen molar-refractivity contribution in [2.75, 3.05) is 18.6 Å². The number of nitrogens with two attached hydrogens (primary N) is 1. The number of nitrogens with one attached hydrogen (secondary N) is 2. The van der Waals surface area contributed by atoms with E-state index < -0.39 is 11.9 Å². The van der Waals surface area contributed by atoms with E-state index in [1.165, 1.54) is 0 Å². The van der Waals surface area contributed by atoms with Gasteiger partial charge in [-0.3, -0.25) is 4.79 Å². The van der Waals surface area contributed by atoms with Gasteiger partial charge in [-0.2, -0.15) is 0 Å². The van der Waals surface area contributed by atoms with Gasteiger partial charge in [0.25, 0.3) is 5.91 Å². The van der Waals surface area contributed by atoms with Gasteiger partial charge in [0.15, 0.2) is 0 Å². The minimum atomic E-state index is -0.741. The Morgan fingerprint density at radius 3 is 2.28 bits per heavy atom. The molecule has 0 aliphatic carbocycles. The van der Waals surface area contributed by atoms with Crippen LogP contribution in [0.2, 0.25) is 0 Å². The molecule has 25 heavy (non-hydrogen) atoms. The van der Waals surface area contributed by atoms with Crippen LogP contribution in [0.5, 0.6) is 0 Å². The highest BCUT2D eigenvalue weighted by atomic mass is 16.5. The van der Waals surface area contributed by atoms with Gasteiger partial charge in [-0.15, -0.1) is 0 Å². The van der Waals surface area contributed by atoms with Gasteiger partial charge in [-0.25, -0.2) is 4.79 Å². The van der Waals surface area contributed by atoms with Gasteiger partial charge in [0.1, 0.15) is 5.57 Å². The van der Waals surface area contributed by atoms with E-state index >= 15 is 0 Å². The van der Waals surface area contributed by atoms with Gasteiger partial charge >= 0.3 is 5.97 Å². The first kappa shape index (κ1) is 18.1. The van der Waals surface area contributed by atoms with E-state index in [1.807, 2.05) is 54.6 Å². The molecule has 6 heteroatoms. The molecule has 0 atom stereocenters. The minimum absolute atomic E-state index is 0.153. The van der Waals surface area contributed by atoms with Crippen LogP contribution in [0.1, 0.15) is 6.92 Å². The largest absolute Gasteiger partial charge is 0.462 e. The first-order valence-electron chi connectivity index (χ1n) is 7.92. The van der Waals surface area contributed by atoms with Crippen LogP contribution in [0.25, 0.3) is 11.1 Å². The van der Waals surface area contributed by atoms with E-state index in [9.17, 15) is 9.59 Å². The third-order valence-corrected chi connectivity index (χ3v) is 3.44.